The van der Waals surface area contributed by atoms with Crippen molar-refractivity contribution in [3.8, 4) is 0 Å². The molecule has 0 fully saturated rings. The molecular weight excluding hydrogens is 378 g/mol. The first-order chi connectivity index (χ1) is 13.6. The largest absolute Gasteiger partial charge is 0.454 e. The van der Waals surface area contributed by atoms with Gasteiger partial charge in [-0.05, 0) is 30.2 Å². The number of anilines is 1. The molecule has 0 spiro atoms. The van der Waals surface area contributed by atoms with E-state index in [0.29, 0.717) is 29.7 Å². The summed E-state index contributed by atoms with van der Waals surface area (Å²) in [6.45, 7) is 3.10. The smallest absolute Gasteiger partial charge is 0.292 e. The molecule has 0 atom stereocenters. The van der Waals surface area contributed by atoms with Gasteiger partial charge in [0.05, 0.1) is 24.3 Å². The molecule has 0 aliphatic heterocycles. The Balaban J connectivity index is 1.39. The summed E-state index contributed by atoms with van der Waals surface area (Å²) in [5.74, 6) is 0.929. The van der Waals surface area contributed by atoms with Gasteiger partial charge in [0.2, 0.25) is 0 Å². The van der Waals surface area contributed by atoms with Gasteiger partial charge in [-0.15, -0.1) is 0 Å². The monoisotopic (exact) mass is 395 g/mol. The quantitative estimate of drug-likeness (QED) is 0.535. The number of aryl methyl sites for hydroxylation is 1. The molecule has 0 saturated carbocycles. The van der Waals surface area contributed by atoms with Crippen LogP contribution in [0.1, 0.15) is 27.4 Å². The van der Waals surface area contributed by atoms with Crippen LogP contribution in [0.2, 0.25) is 5.02 Å². The maximum absolute atomic E-state index is 12.4. The van der Waals surface area contributed by atoms with Crippen LogP contribution in [0.5, 0.6) is 0 Å². The first kappa shape index (κ1) is 18.1. The van der Waals surface area contributed by atoms with Gasteiger partial charge < -0.3 is 9.73 Å². The van der Waals surface area contributed by atoms with Gasteiger partial charge in [-0.3, -0.25) is 14.2 Å². The summed E-state index contributed by atoms with van der Waals surface area (Å²) in [6.07, 6.45) is 5.06. The van der Waals surface area contributed by atoms with Crippen molar-refractivity contribution in [2.24, 2.45) is 0 Å². The van der Waals surface area contributed by atoms with Crippen molar-refractivity contribution < 1.29 is 9.21 Å². The van der Waals surface area contributed by atoms with Gasteiger partial charge in [0.1, 0.15) is 5.76 Å². The number of carbonyl (C=O) groups is 1. The zero-order chi connectivity index (χ0) is 19.5. The van der Waals surface area contributed by atoms with Crippen LogP contribution < -0.4 is 5.32 Å². The van der Waals surface area contributed by atoms with E-state index in [0.717, 1.165) is 0 Å². The number of carbonyl (C=O) groups excluding carboxylic acids is 1. The minimum absolute atomic E-state index is 0.210. The lowest BCUT2D eigenvalue weighted by atomic mass is 10.1. The van der Waals surface area contributed by atoms with Crippen molar-refractivity contribution in [3.63, 3.8) is 0 Å². The van der Waals surface area contributed by atoms with E-state index in [1.165, 1.54) is 11.1 Å². The van der Waals surface area contributed by atoms with Crippen molar-refractivity contribution in [1.82, 2.24) is 19.6 Å². The van der Waals surface area contributed by atoms with Crippen molar-refractivity contribution in [1.29, 1.82) is 0 Å². The third-order valence-corrected chi connectivity index (χ3v) is 4.48. The summed E-state index contributed by atoms with van der Waals surface area (Å²) in [5, 5.41) is 11.8. The predicted molar refractivity (Wildman–Crippen MR) is 106 cm³/mol. The maximum atomic E-state index is 12.4. The summed E-state index contributed by atoms with van der Waals surface area (Å²) >= 11 is 5.85. The second kappa shape index (κ2) is 7.74. The molecule has 3 aromatic heterocycles. The van der Waals surface area contributed by atoms with Crippen molar-refractivity contribution in [2.75, 3.05) is 5.32 Å². The molecule has 4 aromatic rings. The molecule has 1 aromatic carbocycles. The average molecular weight is 396 g/mol. The Morgan fingerprint density at radius 3 is 2.79 bits per heavy atom. The van der Waals surface area contributed by atoms with Crippen LogP contribution in [-0.4, -0.2) is 25.5 Å². The van der Waals surface area contributed by atoms with E-state index in [1.807, 2.05) is 18.3 Å². The molecule has 4 rings (SSSR count). The molecule has 0 aliphatic carbocycles. The second-order valence-corrected chi connectivity index (χ2v) is 6.84. The molecule has 0 bridgehead atoms. The number of benzene rings is 1. The van der Waals surface area contributed by atoms with Gasteiger partial charge in [-0.1, -0.05) is 35.9 Å². The van der Waals surface area contributed by atoms with Gasteiger partial charge >= 0.3 is 0 Å². The Bertz CT molecular complexity index is 1110. The lowest BCUT2D eigenvalue weighted by Crippen LogP contribution is -2.12. The SMILES string of the molecule is Cc1ccccc1Cn1ccc(NC(=O)c2ccc(Cn3cc(Cl)cn3)o2)n1. The van der Waals surface area contributed by atoms with Crippen LogP contribution in [0.3, 0.4) is 0 Å². The zero-order valence-corrected chi connectivity index (χ0v) is 15.9. The molecule has 142 valence electrons. The lowest BCUT2D eigenvalue weighted by molar-refractivity contribution is 0.0994. The van der Waals surface area contributed by atoms with Crippen LogP contribution in [0.15, 0.2) is 65.5 Å². The number of nitrogens with zero attached hydrogens (tertiary/aromatic N) is 4. The number of amides is 1. The summed E-state index contributed by atoms with van der Waals surface area (Å²) < 4.78 is 9.02. The minimum atomic E-state index is -0.356. The highest BCUT2D eigenvalue weighted by molar-refractivity contribution is 6.30. The zero-order valence-electron chi connectivity index (χ0n) is 15.2. The van der Waals surface area contributed by atoms with Crippen molar-refractivity contribution in [3.05, 3.63) is 88.7 Å². The molecule has 3 heterocycles. The van der Waals surface area contributed by atoms with E-state index in [4.69, 9.17) is 16.0 Å². The molecule has 0 radical (unpaired) electrons. The second-order valence-electron chi connectivity index (χ2n) is 6.40. The molecular formula is C20H18ClN5O2. The van der Waals surface area contributed by atoms with E-state index in [2.05, 4.69) is 34.6 Å². The molecule has 7 nitrogen and oxygen atoms in total. The third kappa shape index (κ3) is 4.15. The van der Waals surface area contributed by atoms with E-state index < -0.39 is 0 Å². The normalized spacial score (nSPS) is 10.9. The summed E-state index contributed by atoms with van der Waals surface area (Å²) in [7, 11) is 0. The molecule has 1 N–H and O–H groups in total. The highest BCUT2D eigenvalue weighted by atomic mass is 35.5. The van der Waals surface area contributed by atoms with Crippen LogP contribution in [0.25, 0.3) is 0 Å². The highest BCUT2D eigenvalue weighted by Gasteiger charge is 2.13. The molecule has 8 heteroatoms. The first-order valence-electron chi connectivity index (χ1n) is 8.73. The minimum Gasteiger partial charge on any atom is -0.454 e. The number of halogens is 1. The topological polar surface area (TPSA) is 77.9 Å². The highest BCUT2D eigenvalue weighted by Crippen LogP contribution is 2.14. The number of aromatic nitrogens is 4. The Morgan fingerprint density at radius 1 is 1.14 bits per heavy atom. The Morgan fingerprint density at radius 2 is 2.00 bits per heavy atom. The number of nitrogens with one attached hydrogen (secondary N) is 1. The van der Waals surface area contributed by atoms with Crippen LogP contribution in [0, 0.1) is 6.92 Å². The van der Waals surface area contributed by atoms with Gasteiger partial charge in [0.15, 0.2) is 11.6 Å². The molecule has 0 saturated heterocycles. The summed E-state index contributed by atoms with van der Waals surface area (Å²) in [4.78, 5) is 12.4. The first-order valence-corrected chi connectivity index (χ1v) is 9.10. The number of hydrogen-bond acceptors (Lipinski definition) is 4. The molecule has 0 unspecified atom stereocenters. The van der Waals surface area contributed by atoms with Crippen LogP contribution >= 0.6 is 11.6 Å². The molecule has 28 heavy (non-hydrogen) atoms. The van der Waals surface area contributed by atoms with Gasteiger partial charge in [0, 0.05) is 18.5 Å². The summed E-state index contributed by atoms with van der Waals surface area (Å²) in [6, 6.07) is 13.2. The van der Waals surface area contributed by atoms with Crippen LogP contribution in [-0.2, 0) is 13.1 Å². The van der Waals surface area contributed by atoms with Gasteiger partial charge in [-0.25, -0.2) is 0 Å². The van der Waals surface area contributed by atoms with Crippen molar-refractivity contribution >= 4 is 23.3 Å². The Kier molecular flexibility index (Phi) is 4.99. The lowest BCUT2D eigenvalue weighted by Gasteiger charge is -2.05. The fourth-order valence-electron chi connectivity index (χ4n) is 2.83. The van der Waals surface area contributed by atoms with Crippen LogP contribution in [0.4, 0.5) is 5.82 Å². The maximum Gasteiger partial charge on any atom is 0.292 e. The number of rotatable bonds is 6. The van der Waals surface area contributed by atoms with E-state index in [1.54, 1.807) is 40.0 Å². The number of furan rings is 1. The fraction of sp³-hybridized carbons (Fsp3) is 0.150. The van der Waals surface area contributed by atoms with E-state index in [9.17, 15) is 4.79 Å². The standard InChI is InChI=1S/C20H18ClN5O2/c1-14-4-2-3-5-15(14)11-25-9-8-19(24-25)23-20(27)18-7-6-17(28-18)13-26-12-16(21)10-22-26/h2-10,12H,11,13H2,1H3,(H,23,24,27). The van der Waals surface area contributed by atoms with E-state index in [-0.39, 0.29) is 11.7 Å². The average Bonchev–Trinajstić information content (AvgIpc) is 3.40. The number of hydrogen-bond donors (Lipinski definition) is 1. The van der Waals surface area contributed by atoms with Crippen molar-refractivity contribution in [2.45, 2.75) is 20.0 Å². The Labute approximate surface area is 166 Å². The molecule has 1 amide bonds. The van der Waals surface area contributed by atoms with E-state index >= 15 is 0 Å². The van der Waals surface area contributed by atoms with Gasteiger partial charge in [-0.2, -0.15) is 10.2 Å². The van der Waals surface area contributed by atoms with Gasteiger partial charge in [0.25, 0.3) is 5.91 Å². The fourth-order valence-corrected chi connectivity index (χ4v) is 2.98. The summed E-state index contributed by atoms with van der Waals surface area (Å²) in [5.41, 5.74) is 2.38. The third-order valence-electron chi connectivity index (χ3n) is 4.28. The molecule has 0 aliphatic rings. The predicted octanol–water partition coefficient (Wildman–Crippen LogP) is 3.98. The Hall–Kier alpha value is -3.32.